The molecule has 1 aromatic heterocycles. The lowest BCUT2D eigenvalue weighted by Crippen LogP contribution is -2.26. The van der Waals surface area contributed by atoms with Gasteiger partial charge in [0.05, 0.1) is 7.11 Å². The Kier molecular flexibility index (Phi) is 4.09. The molecule has 1 aromatic rings. The van der Waals surface area contributed by atoms with E-state index in [1.54, 1.807) is 32.2 Å². The second kappa shape index (κ2) is 5.34. The van der Waals surface area contributed by atoms with Gasteiger partial charge in [0.1, 0.15) is 0 Å². The van der Waals surface area contributed by atoms with Crippen LogP contribution in [0.4, 0.5) is 0 Å². The number of amides is 1. The van der Waals surface area contributed by atoms with Crippen LogP contribution in [-0.2, 0) is 11.2 Å². The highest BCUT2D eigenvalue weighted by atomic mass is 16.5. The van der Waals surface area contributed by atoms with E-state index in [1.165, 1.54) is 0 Å². The second-order valence-corrected chi connectivity index (χ2v) is 3.40. The van der Waals surface area contributed by atoms with Crippen LogP contribution in [0.2, 0.25) is 0 Å². The summed E-state index contributed by atoms with van der Waals surface area (Å²) in [6.07, 6.45) is 2.58. The van der Waals surface area contributed by atoms with Crippen LogP contribution in [-0.4, -0.2) is 36.5 Å². The fourth-order valence-corrected chi connectivity index (χ4v) is 1.13. The van der Waals surface area contributed by atoms with E-state index in [-0.39, 0.29) is 5.91 Å². The summed E-state index contributed by atoms with van der Waals surface area (Å²) >= 11 is 0. The van der Waals surface area contributed by atoms with Crippen LogP contribution in [0.1, 0.15) is 12.5 Å². The summed E-state index contributed by atoms with van der Waals surface area (Å²) in [4.78, 5) is 16.7. The third-order valence-corrected chi connectivity index (χ3v) is 2.28. The SMILES string of the molecule is COc1ccc(CCN(C)C(C)=O)cn1. The standard InChI is InChI=1S/C11H16N2O2/c1-9(14)13(2)7-6-10-4-5-11(15-3)12-8-10/h4-5,8H,6-7H2,1-3H3. The predicted octanol–water partition coefficient (Wildman–Crippen LogP) is 1.11. The Morgan fingerprint density at radius 2 is 2.27 bits per heavy atom. The van der Waals surface area contributed by atoms with E-state index in [2.05, 4.69) is 4.98 Å². The Labute approximate surface area is 89.9 Å². The van der Waals surface area contributed by atoms with Crippen molar-refractivity contribution in [1.82, 2.24) is 9.88 Å². The number of pyridine rings is 1. The van der Waals surface area contributed by atoms with Gasteiger partial charge in [-0.3, -0.25) is 4.79 Å². The summed E-state index contributed by atoms with van der Waals surface area (Å²) in [6, 6.07) is 3.78. The van der Waals surface area contributed by atoms with Gasteiger partial charge in [-0.15, -0.1) is 0 Å². The predicted molar refractivity (Wildman–Crippen MR) is 57.8 cm³/mol. The average Bonchev–Trinajstić information content (AvgIpc) is 2.26. The number of likely N-dealkylation sites (N-methyl/N-ethyl adjacent to an activating group) is 1. The Morgan fingerprint density at radius 3 is 2.73 bits per heavy atom. The number of nitrogens with zero attached hydrogens (tertiary/aromatic N) is 2. The minimum Gasteiger partial charge on any atom is -0.481 e. The zero-order valence-corrected chi connectivity index (χ0v) is 9.36. The van der Waals surface area contributed by atoms with Crippen LogP contribution in [0.5, 0.6) is 5.88 Å². The minimum atomic E-state index is 0.0801. The molecule has 4 heteroatoms. The van der Waals surface area contributed by atoms with Gasteiger partial charge in [0.25, 0.3) is 0 Å². The number of carbonyl (C=O) groups is 1. The maximum Gasteiger partial charge on any atom is 0.219 e. The van der Waals surface area contributed by atoms with Gasteiger partial charge in [-0.25, -0.2) is 4.98 Å². The van der Waals surface area contributed by atoms with E-state index < -0.39 is 0 Å². The van der Waals surface area contributed by atoms with Crippen molar-refractivity contribution in [2.75, 3.05) is 20.7 Å². The molecule has 4 nitrogen and oxygen atoms in total. The molecule has 0 saturated heterocycles. The molecule has 0 radical (unpaired) electrons. The number of hydrogen-bond acceptors (Lipinski definition) is 3. The number of ether oxygens (including phenoxy) is 1. The molecule has 0 unspecified atom stereocenters. The molecule has 0 aliphatic carbocycles. The Bertz CT molecular complexity index is 322. The molecule has 0 saturated carbocycles. The third-order valence-electron chi connectivity index (χ3n) is 2.28. The molecule has 1 rings (SSSR count). The van der Waals surface area contributed by atoms with Gasteiger partial charge in [-0.05, 0) is 12.0 Å². The van der Waals surface area contributed by atoms with Gasteiger partial charge in [0.15, 0.2) is 0 Å². The van der Waals surface area contributed by atoms with E-state index in [4.69, 9.17) is 4.74 Å². The lowest BCUT2D eigenvalue weighted by atomic mass is 10.2. The van der Waals surface area contributed by atoms with Crippen LogP contribution in [0.25, 0.3) is 0 Å². The molecule has 15 heavy (non-hydrogen) atoms. The van der Waals surface area contributed by atoms with E-state index >= 15 is 0 Å². The summed E-state index contributed by atoms with van der Waals surface area (Å²) in [5.41, 5.74) is 1.10. The van der Waals surface area contributed by atoms with Crippen LogP contribution < -0.4 is 4.74 Å². The van der Waals surface area contributed by atoms with Gasteiger partial charge in [0.2, 0.25) is 11.8 Å². The zero-order valence-electron chi connectivity index (χ0n) is 9.36. The van der Waals surface area contributed by atoms with Crippen molar-refractivity contribution in [2.24, 2.45) is 0 Å². The molecule has 0 aromatic carbocycles. The van der Waals surface area contributed by atoms with Gasteiger partial charge < -0.3 is 9.64 Å². The lowest BCUT2D eigenvalue weighted by Gasteiger charge is -2.14. The summed E-state index contributed by atoms with van der Waals surface area (Å²) in [5.74, 6) is 0.690. The van der Waals surface area contributed by atoms with Gasteiger partial charge in [-0.2, -0.15) is 0 Å². The van der Waals surface area contributed by atoms with Crippen LogP contribution in [0, 0.1) is 0 Å². The number of carbonyl (C=O) groups excluding carboxylic acids is 1. The summed E-state index contributed by atoms with van der Waals surface area (Å²) in [7, 11) is 3.38. The Hall–Kier alpha value is -1.58. The largest absolute Gasteiger partial charge is 0.481 e. The number of rotatable bonds is 4. The highest BCUT2D eigenvalue weighted by molar-refractivity contribution is 5.72. The van der Waals surface area contributed by atoms with Crippen LogP contribution in [0.15, 0.2) is 18.3 Å². The van der Waals surface area contributed by atoms with Gasteiger partial charge >= 0.3 is 0 Å². The van der Waals surface area contributed by atoms with Crippen molar-refractivity contribution in [3.05, 3.63) is 23.9 Å². The molecule has 0 atom stereocenters. The minimum absolute atomic E-state index is 0.0801. The highest BCUT2D eigenvalue weighted by Gasteiger charge is 2.02. The topological polar surface area (TPSA) is 42.4 Å². The van der Waals surface area contributed by atoms with Crippen molar-refractivity contribution in [1.29, 1.82) is 0 Å². The third kappa shape index (κ3) is 3.58. The number of hydrogen-bond donors (Lipinski definition) is 0. The first-order valence-corrected chi connectivity index (χ1v) is 4.84. The van der Waals surface area contributed by atoms with Crippen molar-refractivity contribution >= 4 is 5.91 Å². The van der Waals surface area contributed by atoms with E-state index in [1.807, 2.05) is 12.1 Å². The molecule has 0 bridgehead atoms. The normalized spacial score (nSPS) is 9.80. The maximum atomic E-state index is 11.0. The monoisotopic (exact) mass is 208 g/mol. The molecule has 0 fully saturated rings. The fraction of sp³-hybridized carbons (Fsp3) is 0.455. The molecule has 1 amide bonds. The molecule has 1 heterocycles. The smallest absolute Gasteiger partial charge is 0.219 e. The first-order chi connectivity index (χ1) is 7.13. The molecule has 82 valence electrons. The number of methoxy groups -OCH3 is 1. The van der Waals surface area contributed by atoms with Crippen LogP contribution >= 0.6 is 0 Å². The Balaban J connectivity index is 2.47. The molecular formula is C11H16N2O2. The van der Waals surface area contributed by atoms with E-state index in [0.717, 1.165) is 12.0 Å². The molecule has 0 N–H and O–H groups in total. The molecule has 0 aliphatic heterocycles. The molecule has 0 spiro atoms. The van der Waals surface area contributed by atoms with E-state index in [9.17, 15) is 4.79 Å². The van der Waals surface area contributed by atoms with Crippen molar-refractivity contribution in [2.45, 2.75) is 13.3 Å². The number of aromatic nitrogens is 1. The second-order valence-electron chi connectivity index (χ2n) is 3.40. The maximum absolute atomic E-state index is 11.0. The lowest BCUT2D eigenvalue weighted by molar-refractivity contribution is -0.127. The highest BCUT2D eigenvalue weighted by Crippen LogP contribution is 2.07. The summed E-state index contributed by atoms with van der Waals surface area (Å²) < 4.78 is 4.96. The average molecular weight is 208 g/mol. The quantitative estimate of drug-likeness (QED) is 0.744. The first kappa shape index (κ1) is 11.5. The summed E-state index contributed by atoms with van der Waals surface area (Å²) in [5, 5.41) is 0. The van der Waals surface area contributed by atoms with Gasteiger partial charge in [0, 0.05) is 32.8 Å². The molecular weight excluding hydrogens is 192 g/mol. The first-order valence-electron chi connectivity index (χ1n) is 4.84. The van der Waals surface area contributed by atoms with Crippen molar-refractivity contribution in [3.8, 4) is 5.88 Å². The van der Waals surface area contributed by atoms with Gasteiger partial charge in [-0.1, -0.05) is 6.07 Å². The molecule has 0 aliphatic rings. The van der Waals surface area contributed by atoms with Crippen molar-refractivity contribution < 1.29 is 9.53 Å². The van der Waals surface area contributed by atoms with Crippen LogP contribution in [0.3, 0.4) is 0 Å². The summed E-state index contributed by atoms with van der Waals surface area (Å²) in [6.45, 7) is 2.27. The van der Waals surface area contributed by atoms with Crippen molar-refractivity contribution in [3.63, 3.8) is 0 Å². The fourth-order valence-electron chi connectivity index (χ4n) is 1.13. The Morgan fingerprint density at radius 1 is 1.53 bits per heavy atom. The van der Waals surface area contributed by atoms with E-state index in [0.29, 0.717) is 12.4 Å². The zero-order chi connectivity index (χ0) is 11.3.